The van der Waals surface area contributed by atoms with Gasteiger partial charge in [-0.3, -0.25) is 0 Å². The maximum atomic E-state index is 4.04. The molecule has 0 N–H and O–H groups in total. The average molecular weight is 1740 g/mol. The Kier molecular flexibility index (Phi) is 20.1. The van der Waals surface area contributed by atoms with Gasteiger partial charge in [0.2, 0.25) is 0 Å². The van der Waals surface area contributed by atoms with Crippen molar-refractivity contribution in [3.05, 3.63) is 434 Å². The van der Waals surface area contributed by atoms with Crippen LogP contribution in [0.25, 0.3) is 122 Å². The van der Waals surface area contributed by atoms with E-state index in [2.05, 4.69) is 431 Å². The number of hydrogen-bond donors (Lipinski definition) is 0. The summed E-state index contributed by atoms with van der Waals surface area (Å²) < 4.78 is 9.81. The Labute approximate surface area is 787 Å². The Morgan fingerprint density at radius 3 is 0.843 bits per heavy atom. The van der Waals surface area contributed by atoms with E-state index in [9.17, 15) is 0 Å². The lowest BCUT2D eigenvalue weighted by molar-refractivity contribution is -0.0282. The first-order chi connectivity index (χ1) is 66.0. The molecule has 6 heteroatoms. The summed E-state index contributed by atoms with van der Waals surface area (Å²) in [6.07, 6.45) is 26.9. The van der Waals surface area contributed by atoms with Crippen molar-refractivity contribution in [3.63, 3.8) is 0 Å². The summed E-state index contributed by atoms with van der Waals surface area (Å²) in [4.78, 5) is 5.00. The van der Waals surface area contributed by atoms with Gasteiger partial charge in [-0.15, -0.1) is 0 Å². The van der Waals surface area contributed by atoms with Crippen molar-refractivity contribution in [2.45, 2.75) is 151 Å². The highest BCUT2D eigenvalue weighted by atomic mass is 15.2. The molecule has 20 aromatic rings. The molecule has 0 radical (unpaired) electrons. The molecular weight excluding hydrogens is 1620 g/mol. The fourth-order valence-corrected chi connectivity index (χ4v) is 27.7. The molecule has 0 aliphatic heterocycles. The van der Waals surface area contributed by atoms with E-state index in [1.54, 1.807) is 11.1 Å². The average Bonchev–Trinajstić information content (AvgIpc) is 1.12. The Hall–Kier alpha value is -14.2. The summed E-state index contributed by atoms with van der Waals surface area (Å²) in [6.45, 7) is 12.6. The highest BCUT2D eigenvalue weighted by Crippen LogP contribution is 2.68. The summed E-state index contributed by atoms with van der Waals surface area (Å²) in [7, 11) is 0. The number of para-hydroxylation sites is 6. The lowest BCUT2D eigenvalue weighted by atomic mass is 9.41. The molecule has 4 atom stereocenters. The molecule has 8 saturated carbocycles. The lowest BCUT2D eigenvalue weighted by Crippen LogP contribution is -2.55. The number of aryl methyl sites for hydroxylation is 2. The van der Waals surface area contributed by atoms with E-state index in [-0.39, 0.29) is 21.7 Å². The third-order valence-corrected chi connectivity index (χ3v) is 32.8. The number of benzene rings is 16. The van der Waals surface area contributed by atoms with Crippen LogP contribution in [0.4, 0.5) is 34.1 Å². The SMILES string of the molecule is C=Cc1ccc(C23CC4CC(C2)CC(c2ccc(N(c5ccc(CCCC)cc5)c5ccc6c(c5)c5cc7c(cc5n6-c5ccccc5)c5ccccc5n7-c5ccccc5)cc2)(C4)C3)cc1.C=Cc1ccc(C23CC4CC(C2)CC(c2ccc(N(c5ccc(CCCC)cc5)c5ccc6c(c5)c5cc7c8ccccc8n(-c8ccccc8)c7cc5n6-c5ccccc5)cc2)(C4)C3)cc1. The molecule has 656 valence electrons. The summed E-state index contributed by atoms with van der Waals surface area (Å²) in [6, 6.07) is 143. The minimum atomic E-state index is 0.219. The first kappa shape index (κ1) is 81.8. The summed E-state index contributed by atoms with van der Waals surface area (Å²) in [5.41, 5.74) is 33.8. The minimum absolute atomic E-state index is 0.219. The highest BCUT2D eigenvalue weighted by Gasteiger charge is 2.60. The van der Waals surface area contributed by atoms with Crippen molar-refractivity contribution < 1.29 is 0 Å². The zero-order chi connectivity index (χ0) is 89.4. The van der Waals surface area contributed by atoms with E-state index in [4.69, 9.17) is 0 Å². The molecule has 8 bridgehead atoms. The number of hydrogen-bond acceptors (Lipinski definition) is 2. The monoisotopic (exact) mass is 1730 g/mol. The number of aromatic nitrogens is 4. The molecule has 28 rings (SSSR count). The van der Waals surface area contributed by atoms with E-state index in [0.717, 1.165) is 59.3 Å². The molecule has 8 aliphatic carbocycles. The summed E-state index contributed by atoms with van der Waals surface area (Å²) >= 11 is 0. The number of nitrogens with zero attached hydrogens (tertiary/aromatic N) is 6. The normalized spacial score (nSPS) is 20.9. The molecule has 0 saturated heterocycles. The predicted octanol–water partition coefficient (Wildman–Crippen LogP) is 34.3. The van der Waals surface area contributed by atoms with Crippen LogP contribution >= 0.6 is 0 Å². The molecular formula is C128H114N6. The first-order valence-corrected chi connectivity index (χ1v) is 49.7. The zero-order valence-electron chi connectivity index (χ0n) is 77.1. The summed E-state index contributed by atoms with van der Waals surface area (Å²) in [5.74, 6) is 3.18. The van der Waals surface area contributed by atoms with E-state index in [0.29, 0.717) is 0 Å². The Morgan fingerprint density at radius 2 is 0.515 bits per heavy atom. The van der Waals surface area contributed by atoms with Crippen LogP contribution in [-0.4, -0.2) is 18.3 Å². The maximum Gasteiger partial charge on any atom is 0.0562 e. The van der Waals surface area contributed by atoms with Crippen LogP contribution in [0.15, 0.2) is 389 Å². The Morgan fingerprint density at radius 1 is 0.254 bits per heavy atom. The van der Waals surface area contributed by atoms with Crippen LogP contribution in [-0.2, 0) is 34.5 Å². The fourth-order valence-electron chi connectivity index (χ4n) is 27.7. The van der Waals surface area contributed by atoms with Crippen LogP contribution in [0.2, 0.25) is 0 Å². The second-order valence-corrected chi connectivity index (χ2v) is 40.9. The van der Waals surface area contributed by atoms with E-state index >= 15 is 0 Å². The van der Waals surface area contributed by atoms with Crippen LogP contribution in [0.5, 0.6) is 0 Å². The second kappa shape index (κ2) is 32.9. The van der Waals surface area contributed by atoms with E-state index in [1.807, 2.05) is 12.2 Å². The molecule has 4 aromatic heterocycles. The number of anilines is 6. The Bertz CT molecular complexity index is 7830. The largest absolute Gasteiger partial charge is 0.310 e. The minimum Gasteiger partial charge on any atom is -0.310 e. The predicted molar refractivity (Wildman–Crippen MR) is 566 cm³/mol. The molecule has 4 heterocycles. The fraction of sp³-hybridized carbons (Fsp3) is 0.219. The molecule has 134 heavy (non-hydrogen) atoms. The van der Waals surface area contributed by atoms with Gasteiger partial charge in [0.05, 0.1) is 44.1 Å². The quantitative estimate of drug-likeness (QED) is 0.0676. The maximum absolute atomic E-state index is 4.04. The molecule has 8 fully saturated rings. The van der Waals surface area contributed by atoms with Gasteiger partial charge in [0.15, 0.2) is 0 Å². The molecule has 0 spiro atoms. The van der Waals surface area contributed by atoms with Gasteiger partial charge in [0.25, 0.3) is 0 Å². The van der Waals surface area contributed by atoms with Crippen LogP contribution in [0.1, 0.15) is 161 Å². The van der Waals surface area contributed by atoms with Gasteiger partial charge >= 0.3 is 0 Å². The highest BCUT2D eigenvalue weighted by molar-refractivity contribution is 6.21. The van der Waals surface area contributed by atoms with Crippen LogP contribution < -0.4 is 9.80 Å². The lowest BCUT2D eigenvalue weighted by Gasteiger charge is -2.63. The molecule has 16 aromatic carbocycles. The van der Waals surface area contributed by atoms with Crippen molar-refractivity contribution >= 4 is 133 Å². The molecule has 0 amide bonds. The van der Waals surface area contributed by atoms with Crippen molar-refractivity contribution in [1.82, 2.24) is 18.3 Å². The third kappa shape index (κ3) is 13.8. The zero-order valence-corrected chi connectivity index (χ0v) is 77.1. The van der Waals surface area contributed by atoms with Gasteiger partial charge in [-0.1, -0.05) is 258 Å². The topological polar surface area (TPSA) is 26.2 Å². The van der Waals surface area contributed by atoms with Crippen LogP contribution in [0.3, 0.4) is 0 Å². The van der Waals surface area contributed by atoms with Gasteiger partial charge in [-0.05, 0) is 362 Å². The standard InChI is InChI=1S/2C64H57N3/c1-3-5-14-45-23-29-52(30-24-45)65(53-31-27-49(28-32-53)64-41-46-35-47(42-64)40-63(39-46,43-64)48-25-21-44(4-2)22-26-48)54-33-34-60-56(36-54)58-38-61-57(37-62(58)67(60)51-17-10-7-11-18-51)55-19-12-13-20-59(55)66(61)50-15-8-6-9-16-50;1-3-5-14-45-23-29-52(30-24-45)65(53-31-27-49(28-32-53)64-41-46-35-47(42-64)40-63(39-46,43-64)48-25-21-44(4-2)22-26-48)54-33-34-60-56(36-54)58-37-57-55-19-12-13-20-59(55)66(50-15-8-6-9-16-50)61(57)38-62(58)67(60)51-17-10-7-11-18-51/h2*4,6-13,15-34,36-38,46-47H,2-3,5,14,35,39-43H2,1H3. The van der Waals surface area contributed by atoms with Crippen molar-refractivity contribution in [2.24, 2.45) is 23.7 Å². The smallest absolute Gasteiger partial charge is 0.0562 e. The van der Waals surface area contributed by atoms with Gasteiger partial charge < -0.3 is 28.1 Å². The van der Waals surface area contributed by atoms with Gasteiger partial charge in [0, 0.05) is 100.0 Å². The van der Waals surface area contributed by atoms with Gasteiger partial charge in [0.1, 0.15) is 0 Å². The molecule has 4 unspecified atom stereocenters. The third-order valence-electron chi connectivity index (χ3n) is 32.8. The Balaban J connectivity index is 0.000000143. The van der Waals surface area contributed by atoms with E-state index in [1.165, 1.54) is 257 Å². The summed E-state index contributed by atoms with van der Waals surface area (Å²) in [5, 5.41) is 10.0. The van der Waals surface area contributed by atoms with Crippen molar-refractivity contribution in [1.29, 1.82) is 0 Å². The van der Waals surface area contributed by atoms with Crippen molar-refractivity contribution in [2.75, 3.05) is 9.80 Å². The van der Waals surface area contributed by atoms with Crippen molar-refractivity contribution in [3.8, 4) is 22.7 Å². The molecule has 8 aliphatic rings. The molecule has 6 nitrogen and oxygen atoms in total. The van der Waals surface area contributed by atoms with Gasteiger partial charge in [-0.2, -0.15) is 0 Å². The number of unbranched alkanes of at least 4 members (excludes halogenated alkanes) is 2. The number of rotatable bonds is 22. The second-order valence-electron chi connectivity index (χ2n) is 40.9. The van der Waals surface area contributed by atoms with Gasteiger partial charge in [-0.25, -0.2) is 0 Å². The number of fused-ring (bicyclic) bond motifs is 12. The van der Waals surface area contributed by atoms with E-state index < -0.39 is 0 Å². The van der Waals surface area contributed by atoms with Crippen LogP contribution in [0, 0.1) is 23.7 Å². The first-order valence-electron chi connectivity index (χ1n) is 49.7.